The van der Waals surface area contributed by atoms with E-state index in [0.29, 0.717) is 13.1 Å². The molecule has 5 rings (SSSR count). The molecule has 3 atom stereocenters. The normalized spacial score (nSPS) is 21.5. The highest BCUT2D eigenvalue weighted by Crippen LogP contribution is 2.31. The molecule has 0 saturated carbocycles. The van der Waals surface area contributed by atoms with Crippen molar-refractivity contribution in [3.63, 3.8) is 0 Å². The molecule has 3 aromatic rings. The van der Waals surface area contributed by atoms with E-state index in [1.54, 1.807) is 0 Å². The molecule has 0 bridgehead atoms. The van der Waals surface area contributed by atoms with Gasteiger partial charge in [0.15, 0.2) is 5.82 Å². The van der Waals surface area contributed by atoms with Crippen molar-refractivity contribution in [2.45, 2.75) is 77.8 Å². The second kappa shape index (κ2) is 10.6. The Morgan fingerprint density at radius 2 is 1.94 bits per heavy atom. The molecule has 9 nitrogen and oxygen atoms in total. The van der Waals surface area contributed by atoms with E-state index in [1.165, 1.54) is 0 Å². The summed E-state index contributed by atoms with van der Waals surface area (Å²) in [6, 6.07) is 8.05. The van der Waals surface area contributed by atoms with Gasteiger partial charge in [0.05, 0.1) is 30.3 Å². The fraction of sp³-hybridized carbons (Fsp3) is 0.615. The zero-order chi connectivity index (χ0) is 24.4. The van der Waals surface area contributed by atoms with Crippen LogP contribution in [0.2, 0.25) is 0 Å². The number of benzene rings is 1. The quantitative estimate of drug-likeness (QED) is 0.501. The first-order valence-electron chi connectivity index (χ1n) is 12.8. The molecule has 2 saturated heterocycles. The lowest BCUT2D eigenvalue weighted by Crippen LogP contribution is -2.40. The zero-order valence-electron chi connectivity index (χ0n) is 20.9. The first-order chi connectivity index (χ1) is 17.0. The van der Waals surface area contributed by atoms with Crippen LogP contribution in [0, 0.1) is 12.8 Å². The highest BCUT2D eigenvalue weighted by atomic mass is 16.5. The summed E-state index contributed by atoms with van der Waals surface area (Å²) in [5.74, 6) is 1.05. The summed E-state index contributed by atoms with van der Waals surface area (Å²) in [6.45, 7) is 9.84. The van der Waals surface area contributed by atoms with E-state index in [1.807, 2.05) is 35.9 Å². The molecule has 2 aromatic heterocycles. The van der Waals surface area contributed by atoms with Gasteiger partial charge in [-0.15, -0.1) is 5.10 Å². The monoisotopic (exact) mass is 480 g/mol. The van der Waals surface area contributed by atoms with Gasteiger partial charge in [-0.2, -0.15) is 0 Å². The largest absolute Gasteiger partial charge is 0.377 e. The molecule has 35 heavy (non-hydrogen) atoms. The molecule has 1 N–H and O–H groups in total. The van der Waals surface area contributed by atoms with E-state index in [2.05, 4.69) is 39.3 Å². The van der Waals surface area contributed by atoms with Crippen LogP contribution in [-0.4, -0.2) is 62.1 Å². The number of para-hydroxylation sites is 1. The van der Waals surface area contributed by atoms with E-state index in [4.69, 9.17) is 9.47 Å². The molecule has 188 valence electrons. The van der Waals surface area contributed by atoms with Gasteiger partial charge in [-0.3, -0.25) is 9.69 Å². The first-order valence-corrected chi connectivity index (χ1v) is 12.8. The van der Waals surface area contributed by atoms with Crippen LogP contribution >= 0.6 is 0 Å². The second-order valence-corrected chi connectivity index (χ2v) is 10.3. The number of H-pyrrole nitrogens is 1. The van der Waals surface area contributed by atoms with Crippen molar-refractivity contribution in [2.75, 3.05) is 19.8 Å². The summed E-state index contributed by atoms with van der Waals surface area (Å²) in [5.41, 5.74) is 2.65. The molecule has 2 aliphatic heterocycles. The fourth-order valence-electron chi connectivity index (χ4n) is 5.51. The number of tetrazole rings is 1. The van der Waals surface area contributed by atoms with Crippen molar-refractivity contribution in [3.8, 4) is 0 Å². The smallest absolute Gasteiger partial charge is 0.252 e. The molecule has 0 amide bonds. The number of aromatic amines is 1. The first kappa shape index (κ1) is 24.1. The number of hydrogen-bond acceptors (Lipinski definition) is 7. The number of rotatable bonds is 9. The summed E-state index contributed by atoms with van der Waals surface area (Å²) in [7, 11) is 0. The number of nitrogens with one attached hydrogen (secondary N) is 1. The molecule has 0 spiro atoms. The standard InChI is InChI=1S/C26H36N6O3/c1-17(2)24(25-28-29-30-32(25)16-22-10-6-12-35-22)31(15-21-9-5-11-34-21)14-20-13-19-8-4-7-18(3)23(19)27-26(20)33/h4,7-8,13,17,21-22,24H,5-6,9-12,14-16H2,1-3H3,(H,27,33). The maximum Gasteiger partial charge on any atom is 0.252 e. The van der Waals surface area contributed by atoms with Crippen molar-refractivity contribution in [3.05, 3.63) is 51.6 Å². The van der Waals surface area contributed by atoms with Crippen LogP contribution in [0.1, 0.15) is 62.5 Å². The molecule has 2 aliphatic rings. The number of pyridine rings is 1. The maximum absolute atomic E-state index is 13.2. The topological polar surface area (TPSA) is 98.2 Å². The van der Waals surface area contributed by atoms with Crippen molar-refractivity contribution in [1.82, 2.24) is 30.1 Å². The number of aryl methyl sites for hydroxylation is 1. The highest BCUT2D eigenvalue weighted by Gasteiger charge is 2.33. The van der Waals surface area contributed by atoms with Crippen LogP contribution in [-0.2, 0) is 22.6 Å². The van der Waals surface area contributed by atoms with Crippen molar-refractivity contribution in [1.29, 1.82) is 0 Å². The zero-order valence-corrected chi connectivity index (χ0v) is 20.9. The van der Waals surface area contributed by atoms with Crippen molar-refractivity contribution >= 4 is 10.9 Å². The average molecular weight is 481 g/mol. The minimum Gasteiger partial charge on any atom is -0.377 e. The summed E-state index contributed by atoms with van der Waals surface area (Å²) in [4.78, 5) is 18.6. The van der Waals surface area contributed by atoms with Crippen LogP contribution in [0.3, 0.4) is 0 Å². The molecule has 4 heterocycles. The number of nitrogens with zero attached hydrogens (tertiary/aromatic N) is 5. The van der Waals surface area contributed by atoms with Crippen LogP contribution < -0.4 is 5.56 Å². The van der Waals surface area contributed by atoms with E-state index < -0.39 is 0 Å². The van der Waals surface area contributed by atoms with E-state index in [-0.39, 0.29) is 29.7 Å². The number of hydrogen-bond donors (Lipinski definition) is 1. The number of ether oxygens (including phenoxy) is 2. The third kappa shape index (κ3) is 5.32. The van der Waals surface area contributed by atoms with Crippen molar-refractivity contribution < 1.29 is 9.47 Å². The maximum atomic E-state index is 13.2. The van der Waals surface area contributed by atoms with Crippen molar-refractivity contribution in [2.24, 2.45) is 5.92 Å². The van der Waals surface area contributed by atoms with Crippen LogP contribution in [0.4, 0.5) is 0 Å². The predicted molar refractivity (Wildman–Crippen MR) is 133 cm³/mol. The van der Waals surface area contributed by atoms with Crippen LogP contribution in [0.5, 0.6) is 0 Å². The van der Waals surface area contributed by atoms with Gasteiger partial charge in [0.2, 0.25) is 0 Å². The molecule has 2 fully saturated rings. The molecular formula is C26H36N6O3. The average Bonchev–Trinajstić information content (AvgIpc) is 3.60. The number of aromatic nitrogens is 5. The SMILES string of the molecule is Cc1cccc2cc(CN(CC3CCCO3)C(c3nnnn3CC3CCCO3)C(C)C)c(=O)[nH]c12. The van der Waals surface area contributed by atoms with Gasteiger partial charge in [0, 0.05) is 31.9 Å². The summed E-state index contributed by atoms with van der Waals surface area (Å²) < 4.78 is 13.8. The third-order valence-corrected chi connectivity index (χ3v) is 7.25. The predicted octanol–water partition coefficient (Wildman–Crippen LogP) is 3.38. The lowest BCUT2D eigenvalue weighted by Gasteiger charge is -2.35. The van der Waals surface area contributed by atoms with Crippen LogP contribution in [0.25, 0.3) is 10.9 Å². The molecule has 0 aliphatic carbocycles. The Morgan fingerprint density at radius 1 is 1.17 bits per heavy atom. The van der Waals surface area contributed by atoms with E-state index >= 15 is 0 Å². The molecule has 0 radical (unpaired) electrons. The summed E-state index contributed by atoms with van der Waals surface area (Å²) >= 11 is 0. The van der Waals surface area contributed by atoms with Gasteiger partial charge in [0.1, 0.15) is 0 Å². The third-order valence-electron chi connectivity index (χ3n) is 7.25. The Bertz CT molecular complexity index is 1190. The van der Waals surface area contributed by atoms with Gasteiger partial charge < -0.3 is 14.5 Å². The summed E-state index contributed by atoms with van der Waals surface area (Å²) in [6.07, 6.45) is 4.47. The minimum atomic E-state index is -0.0665. The Kier molecular flexibility index (Phi) is 7.27. The lowest BCUT2D eigenvalue weighted by atomic mass is 9.99. The molecule has 9 heteroatoms. The Balaban J connectivity index is 1.49. The fourth-order valence-corrected chi connectivity index (χ4v) is 5.51. The second-order valence-electron chi connectivity index (χ2n) is 10.3. The highest BCUT2D eigenvalue weighted by molar-refractivity contribution is 5.81. The Labute approximate surface area is 205 Å². The van der Waals surface area contributed by atoms with Gasteiger partial charge in [-0.25, -0.2) is 4.68 Å². The molecular weight excluding hydrogens is 444 g/mol. The lowest BCUT2D eigenvalue weighted by molar-refractivity contribution is 0.0365. The summed E-state index contributed by atoms with van der Waals surface area (Å²) in [5, 5.41) is 13.9. The van der Waals surface area contributed by atoms with Gasteiger partial charge >= 0.3 is 0 Å². The van der Waals surface area contributed by atoms with Gasteiger partial charge in [0.25, 0.3) is 5.56 Å². The molecule has 3 unspecified atom stereocenters. The van der Waals surface area contributed by atoms with E-state index in [0.717, 1.165) is 73.3 Å². The van der Waals surface area contributed by atoms with Gasteiger partial charge in [-0.1, -0.05) is 32.0 Å². The molecule has 1 aromatic carbocycles. The Morgan fingerprint density at radius 3 is 2.66 bits per heavy atom. The van der Waals surface area contributed by atoms with E-state index in [9.17, 15) is 4.79 Å². The van der Waals surface area contributed by atoms with Gasteiger partial charge in [-0.05, 0) is 66.0 Å². The Hall–Kier alpha value is -2.62. The minimum absolute atomic E-state index is 0.0504. The van der Waals surface area contributed by atoms with Crippen LogP contribution in [0.15, 0.2) is 29.1 Å². The number of fused-ring (bicyclic) bond motifs is 1.